The number of esters is 1. The Bertz CT molecular complexity index is 931. The van der Waals surface area contributed by atoms with E-state index in [1.165, 1.54) is 0 Å². The number of rotatable bonds is 8. The first-order valence-corrected chi connectivity index (χ1v) is 11.6. The predicted molar refractivity (Wildman–Crippen MR) is 103 cm³/mol. The molecule has 31 heavy (non-hydrogen) atoms. The molecule has 0 saturated carbocycles. The predicted octanol–water partition coefficient (Wildman–Crippen LogP) is 3.87. The van der Waals surface area contributed by atoms with Crippen LogP contribution >= 0.6 is 0 Å². The summed E-state index contributed by atoms with van der Waals surface area (Å²) in [6.07, 6.45) is -1.78. The Kier molecular flexibility index (Phi) is 6.60. The van der Waals surface area contributed by atoms with Gasteiger partial charge in [-0.1, -0.05) is 6.92 Å². The van der Waals surface area contributed by atoms with Gasteiger partial charge in [0, 0.05) is 5.92 Å². The molecule has 11 heteroatoms. The van der Waals surface area contributed by atoms with E-state index in [4.69, 9.17) is 18.8 Å². The van der Waals surface area contributed by atoms with E-state index in [1.54, 1.807) is 6.92 Å². The van der Waals surface area contributed by atoms with Crippen molar-refractivity contribution < 1.29 is 45.1 Å². The zero-order valence-corrected chi connectivity index (χ0v) is 18.0. The third-order valence-electron chi connectivity index (χ3n) is 6.03. The molecule has 7 nitrogen and oxygen atoms in total. The zero-order valence-electron chi connectivity index (χ0n) is 17.1. The topological polar surface area (TPSA) is 99.1 Å². The summed E-state index contributed by atoms with van der Waals surface area (Å²) >= 11 is 0. The van der Waals surface area contributed by atoms with Gasteiger partial charge in [0.2, 0.25) is 0 Å². The molecule has 2 heterocycles. The van der Waals surface area contributed by atoms with E-state index in [9.17, 15) is 26.4 Å². The summed E-state index contributed by atoms with van der Waals surface area (Å²) in [6.45, 7) is 2.94. The highest BCUT2D eigenvalue weighted by Crippen LogP contribution is 2.48. The Morgan fingerprint density at radius 2 is 2.00 bits per heavy atom. The van der Waals surface area contributed by atoms with Crippen molar-refractivity contribution in [3.63, 3.8) is 0 Å². The van der Waals surface area contributed by atoms with Gasteiger partial charge in [-0.25, -0.2) is 4.79 Å². The van der Waals surface area contributed by atoms with Gasteiger partial charge in [-0.2, -0.15) is 21.6 Å². The molecule has 2 saturated heterocycles. The lowest BCUT2D eigenvalue weighted by Crippen LogP contribution is -2.45. The summed E-state index contributed by atoms with van der Waals surface area (Å²) in [7, 11) is -4.34. The van der Waals surface area contributed by atoms with Crippen molar-refractivity contribution in [3.05, 3.63) is 29.3 Å². The third-order valence-corrected chi connectivity index (χ3v) is 6.72. The van der Waals surface area contributed by atoms with E-state index in [-0.39, 0.29) is 23.7 Å². The fourth-order valence-corrected chi connectivity index (χ4v) is 4.53. The molecule has 1 N–H and O–H groups in total. The first-order chi connectivity index (χ1) is 14.3. The summed E-state index contributed by atoms with van der Waals surface area (Å²) in [5.74, 6) is -2.42. The van der Waals surface area contributed by atoms with Crippen LogP contribution in [0.25, 0.3) is 0 Å². The number of alkyl halides is 3. The van der Waals surface area contributed by atoms with E-state index in [0.717, 1.165) is 31.0 Å². The molecular weight excluding hydrogens is 441 g/mol. The summed E-state index contributed by atoms with van der Waals surface area (Å²) < 4.78 is 87.5. The second-order valence-electron chi connectivity index (χ2n) is 8.12. The Labute approximate surface area is 178 Å². The van der Waals surface area contributed by atoms with Crippen LogP contribution in [-0.2, 0) is 25.8 Å². The molecule has 2 aliphatic rings. The Balaban J connectivity index is 1.86. The van der Waals surface area contributed by atoms with Gasteiger partial charge in [0.1, 0.15) is 23.7 Å². The normalized spacial score (nSPS) is 25.3. The maximum absolute atomic E-state index is 13.6. The molecule has 4 unspecified atom stereocenters. The van der Waals surface area contributed by atoms with Crippen molar-refractivity contribution in [2.24, 2.45) is 5.92 Å². The molecule has 2 fully saturated rings. The van der Waals surface area contributed by atoms with Crippen LogP contribution in [0.15, 0.2) is 18.2 Å². The van der Waals surface area contributed by atoms with Crippen molar-refractivity contribution in [3.8, 4) is 5.75 Å². The number of ether oxygens (including phenoxy) is 3. The maximum atomic E-state index is 13.6. The number of carbonyl (C=O) groups is 1. The SMILES string of the molecule is CCC(C)(Oc1cc(C(=O)OCCS(=O)(=O)O)ccc1C(F)(F)F)C1CC2CCC1O2. The van der Waals surface area contributed by atoms with Crippen LogP contribution in [-0.4, -0.2) is 49.1 Å². The number of carbonyl (C=O) groups excluding carboxylic acids is 1. The smallest absolute Gasteiger partial charge is 0.419 e. The Hall–Kier alpha value is -1.85. The molecule has 0 aliphatic carbocycles. The monoisotopic (exact) mass is 466 g/mol. The minimum Gasteiger partial charge on any atom is -0.487 e. The highest BCUT2D eigenvalue weighted by Gasteiger charge is 2.51. The number of benzene rings is 1. The molecule has 0 aromatic heterocycles. The van der Waals surface area contributed by atoms with Crippen molar-refractivity contribution in [2.45, 2.75) is 63.5 Å². The van der Waals surface area contributed by atoms with Crippen LogP contribution < -0.4 is 4.74 Å². The molecule has 1 aromatic carbocycles. The molecular formula is C20H25F3O7S. The van der Waals surface area contributed by atoms with E-state index >= 15 is 0 Å². The lowest BCUT2D eigenvalue weighted by Gasteiger charge is -2.39. The number of halogens is 3. The van der Waals surface area contributed by atoms with E-state index < -0.39 is 51.5 Å². The molecule has 2 bridgehead atoms. The third kappa shape index (κ3) is 5.50. The van der Waals surface area contributed by atoms with Crippen LogP contribution in [0.2, 0.25) is 0 Å². The number of fused-ring (bicyclic) bond motifs is 2. The van der Waals surface area contributed by atoms with Crippen molar-refractivity contribution >= 4 is 16.1 Å². The minimum absolute atomic E-state index is 0.0714. The Morgan fingerprint density at radius 1 is 1.29 bits per heavy atom. The van der Waals surface area contributed by atoms with Crippen LogP contribution in [0.5, 0.6) is 5.75 Å². The molecule has 2 aliphatic heterocycles. The molecule has 0 amide bonds. The van der Waals surface area contributed by atoms with Gasteiger partial charge in [-0.3, -0.25) is 4.55 Å². The summed E-state index contributed by atoms with van der Waals surface area (Å²) in [5, 5.41) is 0. The van der Waals surface area contributed by atoms with Crippen LogP contribution in [0.3, 0.4) is 0 Å². The highest BCUT2D eigenvalue weighted by atomic mass is 32.2. The van der Waals surface area contributed by atoms with Gasteiger partial charge < -0.3 is 14.2 Å². The fourth-order valence-electron chi connectivity index (χ4n) is 4.23. The number of hydrogen-bond donors (Lipinski definition) is 1. The molecule has 0 spiro atoms. The molecule has 174 valence electrons. The largest absolute Gasteiger partial charge is 0.487 e. The zero-order chi connectivity index (χ0) is 23.0. The average molecular weight is 466 g/mol. The van der Waals surface area contributed by atoms with Crippen molar-refractivity contribution in [2.75, 3.05) is 12.4 Å². The maximum Gasteiger partial charge on any atom is 0.419 e. The van der Waals surface area contributed by atoms with Gasteiger partial charge >= 0.3 is 12.1 Å². The second-order valence-corrected chi connectivity index (χ2v) is 9.69. The quantitative estimate of drug-likeness (QED) is 0.459. The molecule has 4 atom stereocenters. The average Bonchev–Trinajstić information content (AvgIpc) is 3.29. The Morgan fingerprint density at radius 3 is 2.52 bits per heavy atom. The lowest BCUT2D eigenvalue weighted by atomic mass is 9.76. The molecule has 3 rings (SSSR count). The standard InChI is InChI=1S/C20H25F3O7S/c1-3-19(2,15-11-13-5-7-16(15)29-13)30-17-10-12(4-6-14(17)20(21,22)23)18(24)28-8-9-31(25,26)27/h4,6,10,13,15-16H,3,5,7-9,11H2,1-2H3,(H,25,26,27). The van der Waals surface area contributed by atoms with Crippen LogP contribution in [0.4, 0.5) is 13.2 Å². The van der Waals surface area contributed by atoms with Crippen LogP contribution in [0, 0.1) is 5.92 Å². The van der Waals surface area contributed by atoms with Gasteiger partial charge in [0.05, 0.1) is 23.3 Å². The fraction of sp³-hybridized carbons (Fsp3) is 0.650. The minimum atomic E-state index is -4.71. The van der Waals surface area contributed by atoms with Crippen molar-refractivity contribution in [1.29, 1.82) is 0 Å². The van der Waals surface area contributed by atoms with Gasteiger partial charge in [-0.05, 0) is 50.8 Å². The van der Waals surface area contributed by atoms with Crippen molar-refractivity contribution in [1.82, 2.24) is 0 Å². The van der Waals surface area contributed by atoms with Gasteiger partial charge in [0.15, 0.2) is 0 Å². The first-order valence-electron chi connectivity index (χ1n) is 10.0. The lowest BCUT2D eigenvalue weighted by molar-refractivity contribution is -0.140. The summed E-state index contributed by atoms with van der Waals surface area (Å²) in [6, 6.07) is 2.64. The second kappa shape index (κ2) is 8.59. The first kappa shape index (κ1) is 23.8. The van der Waals surface area contributed by atoms with Crippen LogP contribution in [0.1, 0.15) is 55.5 Å². The van der Waals surface area contributed by atoms with E-state index in [0.29, 0.717) is 12.8 Å². The number of hydrogen-bond acceptors (Lipinski definition) is 6. The highest BCUT2D eigenvalue weighted by molar-refractivity contribution is 7.85. The molecule has 1 aromatic rings. The van der Waals surface area contributed by atoms with Gasteiger partial charge in [-0.15, -0.1) is 0 Å². The van der Waals surface area contributed by atoms with E-state index in [2.05, 4.69) is 0 Å². The summed E-state index contributed by atoms with van der Waals surface area (Å²) in [4.78, 5) is 12.2. The van der Waals surface area contributed by atoms with E-state index in [1.807, 2.05) is 6.92 Å². The molecule has 0 radical (unpaired) electrons. The summed E-state index contributed by atoms with van der Waals surface area (Å²) in [5.41, 5.74) is -2.18. The van der Waals surface area contributed by atoms with Gasteiger partial charge in [0.25, 0.3) is 10.1 Å².